The van der Waals surface area contributed by atoms with Crippen molar-refractivity contribution < 1.29 is 27.6 Å². The van der Waals surface area contributed by atoms with E-state index in [0.29, 0.717) is 0 Å². The summed E-state index contributed by atoms with van der Waals surface area (Å²) in [7, 11) is 1.46. The molecular weight excluding hydrogens is 353 g/mol. The Hall–Kier alpha value is -2.91. The molecule has 26 heavy (non-hydrogen) atoms. The van der Waals surface area contributed by atoms with Crippen molar-refractivity contribution in [1.82, 2.24) is 15.6 Å². The molecule has 7 nitrogen and oxygen atoms in total. The third-order valence-electron chi connectivity index (χ3n) is 3.64. The molecule has 0 unspecified atom stereocenters. The fraction of sp³-hybridized carbons (Fsp3) is 0.375. The summed E-state index contributed by atoms with van der Waals surface area (Å²) >= 11 is 0. The minimum atomic E-state index is -4.46. The second-order valence-corrected chi connectivity index (χ2v) is 5.55. The van der Waals surface area contributed by atoms with Crippen molar-refractivity contribution in [2.75, 3.05) is 20.1 Å². The fourth-order valence-corrected chi connectivity index (χ4v) is 2.20. The summed E-state index contributed by atoms with van der Waals surface area (Å²) in [5.41, 5.74) is -0.527. The normalized spacial score (nSPS) is 14.7. The molecule has 2 rings (SSSR count). The predicted molar refractivity (Wildman–Crippen MR) is 86.2 cm³/mol. The van der Waals surface area contributed by atoms with Gasteiger partial charge >= 0.3 is 6.18 Å². The number of amides is 3. The van der Waals surface area contributed by atoms with Gasteiger partial charge in [-0.05, 0) is 24.3 Å². The molecule has 1 heterocycles. The van der Waals surface area contributed by atoms with Gasteiger partial charge in [0.25, 0.3) is 11.8 Å². The van der Waals surface area contributed by atoms with E-state index in [9.17, 15) is 27.6 Å². The predicted octanol–water partition coefficient (Wildman–Crippen LogP) is 1.16. The zero-order chi connectivity index (χ0) is 19.3. The number of hydrazone groups is 1. The molecule has 1 aromatic rings. The van der Waals surface area contributed by atoms with Crippen LogP contribution in [0.25, 0.3) is 0 Å². The average molecular weight is 370 g/mol. The highest BCUT2D eigenvalue weighted by Gasteiger charge is 2.30. The van der Waals surface area contributed by atoms with Crippen LogP contribution in [-0.2, 0) is 15.8 Å². The lowest BCUT2D eigenvalue weighted by Crippen LogP contribution is -2.40. The number of carbonyl (C=O) groups is 3. The topological polar surface area (TPSA) is 90.9 Å². The molecule has 10 heteroatoms. The molecule has 1 aromatic carbocycles. The third-order valence-corrected chi connectivity index (χ3v) is 3.64. The molecule has 0 radical (unpaired) electrons. The summed E-state index contributed by atoms with van der Waals surface area (Å²) in [6.45, 7) is 0.204. The number of rotatable bonds is 5. The number of halogens is 3. The van der Waals surface area contributed by atoms with E-state index in [4.69, 9.17) is 0 Å². The van der Waals surface area contributed by atoms with Gasteiger partial charge in [0.15, 0.2) is 0 Å². The van der Waals surface area contributed by atoms with Crippen LogP contribution in [0.4, 0.5) is 13.2 Å². The van der Waals surface area contributed by atoms with Crippen molar-refractivity contribution in [2.45, 2.75) is 19.0 Å². The molecule has 0 atom stereocenters. The largest absolute Gasteiger partial charge is 0.416 e. The minimum absolute atomic E-state index is 0.0844. The number of nitrogens with one attached hydrogen (secondary N) is 2. The molecule has 2 N–H and O–H groups in total. The van der Waals surface area contributed by atoms with E-state index < -0.39 is 23.6 Å². The quantitative estimate of drug-likeness (QED) is 0.762. The van der Waals surface area contributed by atoms with Gasteiger partial charge in [-0.3, -0.25) is 14.4 Å². The minimum Gasteiger partial charge on any atom is -0.350 e. The van der Waals surface area contributed by atoms with Gasteiger partial charge in [0.2, 0.25) is 5.91 Å². The lowest BCUT2D eigenvalue weighted by Gasteiger charge is -2.18. The summed E-state index contributed by atoms with van der Waals surface area (Å²) in [4.78, 5) is 35.0. The summed E-state index contributed by atoms with van der Waals surface area (Å²) < 4.78 is 37.4. The van der Waals surface area contributed by atoms with E-state index >= 15 is 0 Å². The molecule has 0 saturated heterocycles. The van der Waals surface area contributed by atoms with Crippen LogP contribution in [0.5, 0.6) is 0 Å². The van der Waals surface area contributed by atoms with Crippen LogP contribution in [0.1, 0.15) is 28.8 Å². The maximum Gasteiger partial charge on any atom is 0.416 e. The van der Waals surface area contributed by atoms with Crippen molar-refractivity contribution >= 4 is 23.4 Å². The van der Waals surface area contributed by atoms with Gasteiger partial charge in [-0.15, -0.1) is 0 Å². The van der Waals surface area contributed by atoms with E-state index in [1.807, 2.05) is 0 Å². The van der Waals surface area contributed by atoms with Crippen LogP contribution >= 0.6 is 0 Å². The van der Waals surface area contributed by atoms with Crippen LogP contribution < -0.4 is 10.6 Å². The second kappa shape index (κ2) is 7.98. The number of hydrogen-bond donors (Lipinski definition) is 2. The Labute approximate surface area is 147 Å². The molecule has 0 saturated carbocycles. The Bertz CT molecular complexity index is 729. The first-order chi connectivity index (χ1) is 12.2. The first-order valence-corrected chi connectivity index (χ1v) is 7.76. The average Bonchev–Trinajstić information content (AvgIpc) is 2.60. The van der Waals surface area contributed by atoms with E-state index in [-0.39, 0.29) is 43.1 Å². The highest BCUT2D eigenvalue weighted by molar-refractivity contribution is 6.39. The Balaban J connectivity index is 1.77. The molecule has 0 spiro atoms. The van der Waals surface area contributed by atoms with E-state index in [0.717, 1.165) is 29.3 Å². The molecule has 0 aliphatic carbocycles. The van der Waals surface area contributed by atoms with E-state index in [2.05, 4.69) is 15.7 Å². The third kappa shape index (κ3) is 5.04. The Morgan fingerprint density at radius 3 is 2.19 bits per heavy atom. The molecule has 140 valence electrons. The van der Waals surface area contributed by atoms with Crippen molar-refractivity contribution in [1.29, 1.82) is 0 Å². The van der Waals surface area contributed by atoms with Gasteiger partial charge in [-0.1, -0.05) is 0 Å². The van der Waals surface area contributed by atoms with Crippen LogP contribution in [-0.4, -0.2) is 48.6 Å². The smallest absolute Gasteiger partial charge is 0.350 e. The molecule has 0 bridgehead atoms. The van der Waals surface area contributed by atoms with E-state index in [1.54, 1.807) is 0 Å². The number of hydrogen-bond acceptors (Lipinski definition) is 4. The Morgan fingerprint density at radius 1 is 1.08 bits per heavy atom. The Morgan fingerprint density at radius 2 is 1.65 bits per heavy atom. The van der Waals surface area contributed by atoms with Gasteiger partial charge in [-0.2, -0.15) is 18.3 Å². The second-order valence-electron chi connectivity index (χ2n) is 5.55. The van der Waals surface area contributed by atoms with Crippen molar-refractivity contribution in [2.24, 2.45) is 5.10 Å². The number of carbonyl (C=O) groups excluding carboxylic acids is 3. The molecule has 1 aliphatic heterocycles. The number of nitrogens with zero attached hydrogens (tertiary/aromatic N) is 2. The summed E-state index contributed by atoms with van der Waals surface area (Å²) in [5.74, 6) is -1.16. The van der Waals surface area contributed by atoms with Crippen LogP contribution in [0.15, 0.2) is 29.4 Å². The molecule has 0 aromatic heterocycles. The van der Waals surface area contributed by atoms with Gasteiger partial charge < -0.3 is 10.6 Å². The van der Waals surface area contributed by atoms with Crippen LogP contribution in [0, 0.1) is 0 Å². The summed E-state index contributed by atoms with van der Waals surface area (Å²) in [6.07, 6.45) is -4.01. The van der Waals surface area contributed by atoms with Crippen molar-refractivity contribution in [3.05, 3.63) is 35.4 Å². The standard InChI is InChI=1S/C16H17F3N4O3/c1-23-13(24)7-6-12(22-23)15(26)21-9-8-20-14(25)10-2-4-11(5-3-10)16(17,18)19/h2-5H,6-9H2,1H3,(H,20,25)(H,21,26). The Kier molecular flexibility index (Phi) is 5.96. The lowest BCUT2D eigenvalue weighted by atomic mass is 10.1. The maximum absolute atomic E-state index is 12.5. The van der Waals surface area contributed by atoms with Crippen molar-refractivity contribution in [3.63, 3.8) is 0 Å². The summed E-state index contributed by atoms with van der Waals surface area (Å²) in [6, 6.07) is 3.83. The highest BCUT2D eigenvalue weighted by atomic mass is 19.4. The molecule has 1 aliphatic rings. The molecular formula is C16H17F3N4O3. The SMILES string of the molecule is CN1N=C(C(=O)NCCNC(=O)c2ccc(C(F)(F)F)cc2)CCC1=O. The van der Waals surface area contributed by atoms with Gasteiger partial charge in [0, 0.05) is 38.5 Å². The number of alkyl halides is 3. The van der Waals surface area contributed by atoms with E-state index in [1.165, 1.54) is 7.05 Å². The first kappa shape index (κ1) is 19.4. The van der Waals surface area contributed by atoms with Gasteiger partial charge in [0.05, 0.1) is 5.56 Å². The van der Waals surface area contributed by atoms with Gasteiger partial charge in [0.1, 0.15) is 5.71 Å². The van der Waals surface area contributed by atoms with Crippen molar-refractivity contribution in [3.8, 4) is 0 Å². The molecule has 0 fully saturated rings. The zero-order valence-electron chi connectivity index (χ0n) is 13.9. The highest BCUT2D eigenvalue weighted by Crippen LogP contribution is 2.29. The van der Waals surface area contributed by atoms with Crippen LogP contribution in [0.3, 0.4) is 0 Å². The fourth-order valence-electron chi connectivity index (χ4n) is 2.20. The number of benzene rings is 1. The lowest BCUT2D eigenvalue weighted by molar-refractivity contribution is -0.137. The zero-order valence-corrected chi connectivity index (χ0v) is 13.9. The summed E-state index contributed by atoms with van der Waals surface area (Å²) in [5, 5.41) is 10.0. The molecule has 3 amide bonds. The maximum atomic E-state index is 12.5. The van der Waals surface area contributed by atoms with Crippen LogP contribution in [0.2, 0.25) is 0 Å². The van der Waals surface area contributed by atoms with Gasteiger partial charge in [-0.25, -0.2) is 5.01 Å². The first-order valence-electron chi connectivity index (χ1n) is 7.76. The monoisotopic (exact) mass is 370 g/mol.